The molecule has 1 spiro atoms. The fourth-order valence-corrected chi connectivity index (χ4v) is 3.25. The standard InChI is InChI=1S/C16H21N3O2/c1-2-13-10-16(8-9-21-13)14(17)18-15(20)19(16)11-12-6-4-3-5-7-12/h3-7,13H,2,8-11H2,1H3,(H2,17,18,20). The number of ether oxygens (including phenoxy) is 1. The van der Waals surface area contributed by atoms with Crippen LogP contribution in [0.1, 0.15) is 31.7 Å². The monoisotopic (exact) mass is 287 g/mol. The van der Waals surface area contributed by atoms with Crippen LogP contribution in [0.4, 0.5) is 4.79 Å². The number of carbonyl (C=O) groups excluding carboxylic acids is 1. The maximum atomic E-state index is 12.3. The number of nitrogens with zero attached hydrogens (tertiary/aromatic N) is 2. The highest BCUT2D eigenvalue weighted by molar-refractivity contribution is 6.05. The Hall–Kier alpha value is -1.88. The summed E-state index contributed by atoms with van der Waals surface area (Å²) in [4.78, 5) is 18.1. The van der Waals surface area contributed by atoms with E-state index in [4.69, 9.17) is 10.5 Å². The number of nitrogens with two attached hydrogens (primary N) is 1. The van der Waals surface area contributed by atoms with Crippen molar-refractivity contribution in [2.75, 3.05) is 6.61 Å². The molecule has 2 unspecified atom stereocenters. The molecule has 0 aromatic heterocycles. The summed E-state index contributed by atoms with van der Waals surface area (Å²) in [6.45, 7) is 3.25. The molecule has 2 heterocycles. The van der Waals surface area contributed by atoms with Crippen LogP contribution in [0, 0.1) is 0 Å². The van der Waals surface area contributed by atoms with Gasteiger partial charge in [-0.3, -0.25) is 0 Å². The van der Waals surface area contributed by atoms with Gasteiger partial charge in [-0.15, -0.1) is 0 Å². The van der Waals surface area contributed by atoms with Crippen molar-refractivity contribution in [2.24, 2.45) is 10.7 Å². The van der Waals surface area contributed by atoms with Crippen LogP contribution < -0.4 is 5.73 Å². The molecule has 2 N–H and O–H groups in total. The third-order valence-electron chi connectivity index (χ3n) is 4.51. The smallest absolute Gasteiger partial charge is 0.346 e. The number of hydrogen-bond acceptors (Lipinski definition) is 3. The Bertz CT molecular complexity index is 558. The van der Waals surface area contributed by atoms with Gasteiger partial charge >= 0.3 is 6.03 Å². The van der Waals surface area contributed by atoms with Gasteiger partial charge in [-0.25, -0.2) is 4.79 Å². The quantitative estimate of drug-likeness (QED) is 0.927. The van der Waals surface area contributed by atoms with Crippen molar-refractivity contribution < 1.29 is 9.53 Å². The van der Waals surface area contributed by atoms with E-state index in [0.29, 0.717) is 19.0 Å². The lowest BCUT2D eigenvalue weighted by atomic mass is 9.83. The summed E-state index contributed by atoms with van der Waals surface area (Å²) in [5.41, 5.74) is 6.75. The van der Waals surface area contributed by atoms with Gasteiger partial charge < -0.3 is 15.4 Å². The summed E-state index contributed by atoms with van der Waals surface area (Å²) in [6.07, 6.45) is 2.51. The molecule has 112 valence electrons. The lowest BCUT2D eigenvalue weighted by Gasteiger charge is -2.43. The molecule has 2 aliphatic rings. The van der Waals surface area contributed by atoms with Crippen LogP contribution >= 0.6 is 0 Å². The molecule has 0 bridgehead atoms. The van der Waals surface area contributed by atoms with Gasteiger partial charge in [0.05, 0.1) is 6.10 Å². The van der Waals surface area contributed by atoms with Crippen LogP contribution in [0.3, 0.4) is 0 Å². The number of amides is 2. The maximum absolute atomic E-state index is 12.3. The lowest BCUT2D eigenvalue weighted by molar-refractivity contribution is -0.0361. The number of rotatable bonds is 3. The molecule has 5 nitrogen and oxygen atoms in total. The minimum absolute atomic E-state index is 0.136. The van der Waals surface area contributed by atoms with Crippen LogP contribution in [-0.4, -0.2) is 35.0 Å². The maximum Gasteiger partial charge on any atom is 0.346 e. The first-order valence-corrected chi connectivity index (χ1v) is 7.47. The van der Waals surface area contributed by atoms with Gasteiger partial charge in [0.1, 0.15) is 11.4 Å². The Labute approximate surface area is 124 Å². The van der Waals surface area contributed by atoms with Gasteiger partial charge in [-0.1, -0.05) is 37.3 Å². The van der Waals surface area contributed by atoms with E-state index < -0.39 is 5.54 Å². The molecule has 21 heavy (non-hydrogen) atoms. The molecule has 5 heteroatoms. The van der Waals surface area contributed by atoms with Crippen molar-refractivity contribution in [1.82, 2.24) is 4.90 Å². The van der Waals surface area contributed by atoms with Gasteiger partial charge in [0.25, 0.3) is 0 Å². The predicted molar refractivity (Wildman–Crippen MR) is 81.0 cm³/mol. The predicted octanol–water partition coefficient (Wildman–Crippen LogP) is 2.31. The normalized spacial score (nSPS) is 29.0. The van der Waals surface area contributed by atoms with Crippen LogP contribution in [-0.2, 0) is 11.3 Å². The first-order valence-electron chi connectivity index (χ1n) is 7.47. The van der Waals surface area contributed by atoms with Crippen molar-refractivity contribution in [1.29, 1.82) is 0 Å². The summed E-state index contributed by atoms with van der Waals surface area (Å²) in [5, 5.41) is 0. The fraction of sp³-hybridized carbons (Fsp3) is 0.500. The van der Waals surface area contributed by atoms with E-state index in [2.05, 4.69) is 11.9 Å². The van der Waals surface area contributed by atoms with E-state index in [1.807, 2.05) is 35.2 Å². The number of hydrogen-bond donors (Lipinski definition) is 1. The van der Waals surface area contributed by atoms with E-state index in [-0.39, 0.29) is 12.1 Å². The Morgan fingerprint density at radius 3 is 2.90 bits per heavy atom. The second kappa shape index (κ2) is 5.48. The highest BCUT2D eigenvalue weighted by Gasteiger charge is 2.51. The molecule has 1 saturated heterocycles. The molecule has 2 aliphatic heterocycles. The van der Waals surface area contributed by atoms with E-state index >= 15 is 0 Å². The first kappa shape index (κ1) is 14.1. The topological polar surface area (TPSA) is 67.9 Å². The van der Waals surface area contributed by atoms with Gasteiger partial charge in [0.15, 0.2) is 0 Å². The molecule has 1 fully saturated rings. The summed E-state index contributed by atoms with van der Waals surface area (Å²) in [5.74, 6) is 0.449. The van der Waals surface area contributed by atoms with Crippen LogP contribution in [0.5, 0.6) is 0 Å². The molecule has 2 atom stereocenters. The average molecular weight is 287 g/mol. The minimum atomic E-state index is -0.466. The molecular formula is C16H21N3O2. The van der Waals surface area contributed by atoms with Crippen LogP contribution in [0.25, 0.3) is 0 Å². The molecule has 0 aliphatic carbocycles. The summed E-state index contributed by atoms with van der Waals surface area (Å²) < 4.78 is 5.75. The summed E-state index contributed by atoms with van der Waals surface area (Å²) >= 11 is 0. The van der Waals surface area contributed by atoms with E-state index in [1.54, 1.807) is 0 Å². The first-order chi connectivity index (χ1) is 10.2. The molecule has 1 aromatic rings. The van der Waals surface area contributed by atoms with E-state index in [9.17, 15) is 4.79 Å². The van der Waals surface area contributed by atoms with Crippen LogP contribution in [0.2, 0.25) is 0 Å². The summed E-state index contributed by atoms with van der Waals surface area (Å²) in [7, 11) is 0. The fourth-order valence-electron chi connectivity index (χ4n) is 3.25. The number of urea groups is 1. The van der Waals surface area contributed by atoms with Crippen LogP contribution in [0.15, 0.2) is 35.3 Å². The minimum Gasteiger partial charge on any atom is -0.385 e. The third-order valence-corrected chi connectivity index (χ3v) is 4.51. The SMILES string of the molecule is CCC1CC2(CCO1)C(N)=NC(=O)N2Cc1ccccc1. The van der Waals surface area contributed by atoms with E-state index in [0.717, 1.165) is 24.8 Å². The second-order valence-electron chi connectivity index (χ2n) is 5.74. The number of carbonyl (C=O) groups is 1. The Kier molecular flexibility index (Phi) is 3.68. The lowest BCUT2D eigenvalue weighted by Crippen LogP contribution is -2.58. The number of benzene rings is 1. The number of amidine groups is 1. The molecular weight excluding hydrogens is 266 g/mol. The Balaban J connectivity index is 1.89. The molecule has 3 rings (SSSR count). The van der Waals surface area contributed by atoms with Crippen molar-refractivity contribution in [2.45, 2.75) is 44.4 Å². The summed E-state index contributed by atoms with van der Waals surface area (Å²) in [6, 6.07) is 9.74. The third kappa shape index (κ3) is 2.42. The molecule has 0 saturated carbocycles. The highest BCUT2D eigenvalue weighted by Crippen LogP contribution is 2.37. The second-order valence-corrected chi connectivity index (χ2v) is 5.74. The Morgan fingerprint density at radius 1 is 1.43 bits per heavy atom. The molecule has 0 radical (unpaired) electrons. The average Bonchev–Trinajstić information content (AvgIpc) is 2.73. The van der Waals surface area contributed by atoms with Crippen molar-refractivity contribution >= 4 is 11.9 Å². The zero-order valence-electron chi connectivity index (χ0n) is 12.3. The molecule has 2 amide bonds. The van der Waals surface area contributed by atoms with Gasteiger partial charge in [0.2, 0.25) is 0 Å². The highest BCUT2D eigenvalue weighted by atomic mass is 16.5. The largest absolute Gasteiger partial charge is 0.385 e. The zero-order valence-corrected chi connectivity index (χ0v) is 12.3. The number of aliphatic imine (C=N–C) groups is 1. The van der Waals surface area contributed by atoms with Crippen molar-refractivity contribution in [3.05, 3.63) is 35.9 Å². The van der Waals surface area contributed by atoms with E-state index in [1.165, 1.54) is 0 Å². The molecule has 1 aromatic carbocycles. The van der Waals surface area contributed by atoms with Gasteiger partial charge in [0, 0.05) is 26.0 Å². The zero-order chi connectivity index (χ0) is 14.9. The van der Waals surface area contributed by atoms with Crippen molar-refractivity contribution in [3.63, 3.8) is 0 Å². The van der Waals surface area contributed by atoms with Gasteiger partial charge in [-0.2, -0.15) is 4.99 Å². The van der Waals surface area contributed by atoms with Gasteiger partial charge in [-0.05, 0) is 12.0 Å². The van der Waals surface area contributed by atoms with Crippen molar-refractivity contribution in [3.8, 4) is 0 Å². The Morgan fingerprint density at radius 2 is 2.19 bits per heavy atom.